The molecule has 0 saturated carbocycles. The number of carbonyl (C=O) groups excluding carboxylic acids is 1. The Bertz CT molecular complexity index is 158. The van der Waals surface area contributed by atoms with Crippen LogP contribution in [0, 0.1) is 5.92 Å². The number of hydrogen-bond donors (Lipinski definition) is 0. The molecule has 4 heteroatoms. The first-order chi connectivity index (χ1) is 5.15. The minimum Gasteiger partial charge on any atom is -0.427 e. The van der Waals surface area contributed by atoms with E-state index in [-0.39, 0.29) is 18.1 Å². The summed E-state index contributed by atoms with van der Waals surface area (Å²) in [6.07, 6.45) is -1.06. The highest BCUT2D eigenvalue weighted by atomic mass is 35.5. The fraction of sp³-hybridized carbons (Fsp3) is 0.857. The van der Waals surface area contributed by atoms with Crippen LogP contribution in [0.15, 0.2) is 0 Å². The number of halogens is 1. The van der Waals surface area contributed by atoms with Crippen molar-refractivity contribution in [3.63, 3.8) is 0 Å². The van der Waals surface area contributed by atoms with Gasteiger partial charge in [-0.3, -0.25) is 0 Å². The summed E-state index contributed by atoms with van der Waals surface area (Å²) in [5.41, 5.74) is 0. The third-order valence-corrected chi connectivity index (χ3v) is 1.96. The second-order valence-corrected chi connectivity index (χ2v) is 3.20. The fourth-order valence-corrected chi connectivity index (χ4v) is 1.33. The Hall–Kier alpha value is -0.440. The summed E-state index contributed by atoms with van der Waals surface area (Å²) >= 11 is 5.55. The Morgan fingerprint density at radius 3 is 2.55 bits per heavy atom. The largest absolute Gasteiger partial charge is 0.509 e. The van der Waals surface area contributed by atoms with Crippen molar-refractivity contribution in [3.05, 3.63) is 0 Å². The van der Waals surface area contributed by atoms with Gasteiger partial charge in [-0.15, -0.1) is 11.6 Å². The molecule has 0 radical (unpaired) electrons. The predicted molar refractivity (Wildman–Crippen MR) is 40.7 cm³/mol. The highest BCUT2D eigenvalue weighted by Gasteiger charge is 2.37. The lowest BCUT2D eigenvalue weighted by Gasteiger charge is -2.15. The Labute approximate surface area is 70.6 Å². The van der Waals surface area contributed by atoms with E-state index in [9.17, 15) is 4.79 Å². The Morgan fingerprint density at radius 1 is 1.55 bits per heavy atom. The monoisotopic (exact) mass is 178 g/mol. The van der Waals surface area contributed by atoms with Gasteiger partial charge in [-0.05, 0) is 5.92 Å². The Morgan fingerprint density at radius 2 is 2.18 bits per heavy atom. The SMILES string of the molecule is CC(C)C1OC(=O)OC1CCl. The van der Waals surface area contributed by atoms with Crippen LogP contribution in [-0.4, -0.2) is 24.2 Å². The highest BCUT2D eigenvalue weighted by Crippen LogP contribution is 2.22. The predicted octanol–water partition coefficient (Wildman–Crippen LogP) is 1.79. The van der Waals surface area contributed by atoms with E-state index in [4.69, 9.17) is 21.1 Å². The molecular formula is C7H11ClO3. The lowest BCUT2D eigenvalue weighted by Crippen LogP contribution is -2.28. The van der Waals surface area contributed by atoms with E-state index in [0.29, 0.717) is 5.88 Å². The van der Waals surface area contributed by atoms with Crippen molar-refractivity contribution in [2.75, 3.05) is 5.88 Å². The van der Waals surface area contributed by atoms with Crippen LogP contribution in [0.1, 0.15) is 13.8 Å². The van der Waals surface area contributed by atoms with Crippen LogP contribution in [-0.2, 0) is 9.47 Å². The molecule has 0 N–H and O–H groups in total. The number of rotatable bonds is 2. The molecule has 0 bridgehead atoms. The van der Waals surface area contributed by atoms with Gasteiger partial charge in [0.25, 0.3) is 0 Å². The van der Waals surface area contributed by atoms with Crippen molar-refractivity contribution >= 4 is 17.8 Å². The Kier molecular flexibility index (Phi) is 2.60. The summed E-state index contributed by atoms with van der Waals surface area (Å²) in [7, 11) is 0. The molecule has 1 aliphatic heterocycles. The van der Waals surface area contributed by atoms with Gasteiger partial charge in [-0.25, -0.2) is 4.79 Å². The lowest BCUT2D eigenvalue weighted by atomic mass is 10.0. The molecule has 1 aliphatic rings. The number of hydrogen-bond acceptors (Lipinski definition) is 3. The first kappa shape index (κ1) is 8.65. The maximum Gasteiger partial charge on any atom is 0.509 e. The number of carbonyl (C=O) groups is 1. The number of ether oxygens (including phenoxy) is 2. The van der Waals surface area contributed by atoms with E-state index < -0.39 is 6.16 Å². The molecule has 3 nitrogen and oxygen atoms in total. The third kappa shape index (κ3) is 1.77. The second-order valence-electron chi connectivity index (χ2n) is 2.89. The van der Waals surface area contributed by atoms with Gasteiger partial charge in [0.15, 0.2) is 6.10 Å². The van der Waals surface area contributed by atoms with Crippen molar-refractivity contribution in [1.29, 1.82) is 0 Å². The van der Waals surface area contributed by atoms with Gasteiger partial charge in [0.05, 0.1) is 5.88 Å². The van der Waals surface area contributed by atoms with E-state index >= 15 is 0 Å². The molecule has 0 spiro atoms. The van der Waals surface area contributed by atoms with Crippen molar-refractivity contribution < 1.29 is 14.3 Å². The maximum atomic E-state index is 10.6. The zero-order valence-electron chi connectivity index (χ0n) is 6.54. The average molecular weight is 179 g/mol. The Balaban J connectivity index is 2.57. The molecular weight excluding hydrogens is 168 g/mol. The molecule has 2 unspecified atom stereocenters. The van der Waals surface area contributed by atoms with Gasteiger partial charge in [-0.2, -0.15) is 0 Å². The van der Waals surface area contributed by atoms with Gasteiger partial charge < -0.3 is 9.47 Å². The van der Waals surface area contributed by atoms with Gasteiger partial charge in [0.1, 0.15) is 6.10 Å². The van der Waals surface area contributed by atoms with Crippen LogP contribution < -0.4 is 0 Å². The molecule has 0 aromatic heterocycles. The standard InChI is InChI=1S/C7H11ClO3/c1-4(2)6-5(3-8)10-7(9)11-6/h4-6H,3H2,1-2H3. The van der Waals surface area contributed by atoms with E-state index in [1.807, 2.05) is 13.8 Å². The number of alkyl halides is 1. The van der Waals surface area contributed by atoms with Crippen molar-refractivity contribution in [3.8, 4) is 0 Å². The zero-order chi connectivity index (χ0) is 8.43. The quantitative estimate of drug-likeness (QED) is 0.478. The summed E-state index contributed by atoms with van der Waals surface area (Å²) in [5.74, 6) is 0.555. The summed E-state index contributed by atoms with van der Waals surface area (Å²) in [4.78, 5) is 10.6. The van der Waals surface area contributed by atoms with Crippen LogP contribution in [0.25, 0.3) is 0 Å². The summed E-state index contributed by atoms with van der Waals surface area (Å²) in [6, 6.07) is 0. The van der Waals surface area contributed by atoms with Crippen molar-refractivity contribution in [2.45, 2.75) is 26.1 Å². The van der Waals surface area contributed by atoms with Crippen molar-refractivity contribution in [2.24, 2.45) is 5.92 Å². The smallest absolute Gasteiger partial charge is 0.427 e. The molecule has 0 aliphatic carbocycles. The normalized spacial score (nSPS) is 30.4. The van der Waals surface area contributed by atoms with Gasteiger partial charge in [0, 0.05) is 0 Å². The fourth-order valence-electron chi connectivity index (χ4n) is 1.09. The zero-order valence-corrected chi connectivity index (χ0v) is 7.30. The topological polar surface area (TPSA) is 35.5 Å². The molecule has 0 amide bonds. The number of cyclic esters (lactones) is 2. The molecule has 64 valence electrons. The molecule has 0 aromatic carbocycles. The van der Waals surface area contributed by atoms with Crippen molar-refractivity contribution in [1.82, 2.24) is 0 Å². The van der Waals surface area contributed by atoms with E-state index in [0.717, 1.165) is 0 Å². The van der Waals surface area contributed by atoms with E-state index in [1.165, 1.54) is 0 Å². The van der Waals surface area contributed by atoms with E-state index in [1.54, 1.807) is 0 Å². The average Bonchev–Trinajstić information content (AvgIpc) is 2.30. The molecule has 1 heterocycles. The first-order valence-electron chi connectivity index (χ1n) is 3.58. The van der Waals surface area contributed by atoms with Crippen LogP contribution in [0.2, 0.25) is 0 Å². The molecule has 1 saturated heterocycles. The summed E-state index contributed by atoms with van der Waals surface area (Å²) in [6.45, 7) is 3.93. The lowest BCUT2D eigenvalue weighted by molar-refractivity contribution is 0.104. The molecule has 1 rings (SSSR count). The maximum absolute atomic E-state index is 10.6. The van der Waals surface area contributed by atoms with Gasteiger partial charge in [0.2, 0.25) is 0 Å². The minimum absolute atomic E-state index is 0.181. The second kappa shape index (κ2) is 3.30. The molecule has 11 heavy (non-hydrogen) atoms. The summed E-state index contributed by atoms with van der Waals surface area (Å²) < 4.78 is 9.67. The summed E-state index contributed by atoms with van der Waals surface area (Å²) in [5, 5.41) is 0. The molecule has 1 fully saturated rings. The molecule has 0 aromatic rings. The highest BCUT2D eigenvalue weighted by molar-refractivity contribution is 6.18. The van der Waals surface area contributed by atoms with E-state index in [2.05, 4.69) is 0 Å². The van der Waals surface area contributed by atoms with Crippen LogP contribution >= 0.6 is 11.6 Å². The first-order valence-corrected chi connectivity index (χ1v) is 4.12. The van der Waals surface area contributed by atoms with Crippen LogP contribution in [0.3, 0.4) is 0 Å². The third-order valence-electron chi connectivity index (χ3n) is 1.66. The molecule has 2 atom stereocenters. The van der Waals surface area contributed by atoms with Gasteiger partial charge >= 0.3 is 6.16 Å². The van der Waals surface area contributed by atoms with Crippen LogP contribution in [0.4, 0.5) is 4.79 Å². The van der Waals surface area contributed by atoms with Gasteiger partial charge in [-0.1, -0.05) is 13.8 Å². The minimum atomic E-state index is -0.602. The van der Waals surface area contributed by atoms with Crippen LogP contribution in [0.5, 0.6) is 0 Å².